The third-order valence-corrected chi connectivity index (χ3v) is 4.60. The maximum atomic E-state index is 12.2. The van der Waals surface area contributed by atoms with Gasteiger partial charge in [0.15, 0.2) is 0 Å². The van der Waals surface area contributed by atoms with Crippen LogP contribution in [0.25, 0.3) is 5.69 Å². The maximum absolute atomic E-state index is 12.2. The van der Waals surface area contributed by atoms with Crippen LogP contribution in [0.3, 0.4) is 0 Å². The van der Waals surface area contributed by atoms with Crippen LogP contribution in [-0.2, 0) is 0 Å². The van der Waals surface area contributed by atoms with E-state index in [0.29, 0.717) is 17.2 Å². The van der Waals surface area contributed by atoms with Crippen molar-refractivity contribution >= 4 is 23.7 Å². The van der Waals surface area contributed by atoms with Crippen LogP contribution in [0.4, 0.5) is 0 Å². The van der Waals surface area contributed by atoms with Crippen LogP contribution in [-0.4, -0.2) is 23.3 Å². The summed E-state index contributed by atoms with van der Waals surface area (Å²) in [6, 6.07) is 16.6. The SMILES string of the molecule is CCOc1ccc(C(=O)N/N=C/c2cc(C)n(-c3ccc(Cl)cc3)c2C)cc1. The normalized spacial score (nSPS) is 11.0. The first kappa shape index (κ1) is 19.7. The second kappa shape index (κ2) is 8.76. The van der Waals surface area contributed by atoms with Crippen LogP contribution in [0.5, 0.6) is 5.75 Å². The first-order chi connectivity index (χ1) is 13.5. The number of aromatic nitrogens is 1. The number of amides is 1. The number of halogens is 1. The molecule has 0 spiro atoms. The van der Waals surface area contributed by atoms with Crippen LogP contribution in [0.1, 0.15) is 34.2 Å². The van der Waals surface area contributed by atoms with E-state index in [4.69, 9.17) is 16.3 Å². The molecule has 0 atom stereocenters. The van der Waals surface area contributed by atoms with Gasteiger partial charge in [-0.15, -0.1) is 0 Å². The molecular weight excluding hydrogens is 374 g/mol. The van der Waals surface area contributed by atoms with Crippen LogP contribution >= 0.6 is 11.6 Å². The van der Waals surface area contributed by atoms with Gasteiger partial charge in [-0.25, -0.2) is 5.43 Å². The lowest BCUT2D eigenvalue weighted by atomic mass is 10.2. The van der Waals surface area contributed by atoms with Crippen molar-refractivity contribution in [1.82, 2.24) is 9.99 Å². The topological polar surface area (TPSA) is 55.6 Å². The summed E-state index contributed by atoms with van der Waals surface area (Å²) in [4.78, 5) is 12.2. The number of hydrogen-bond donors (Lipinski definition) is 1. The number of hydrazone groups is 1. The first-order valence-electron chi connectivity index (χ1n) is 9.00. The van der Waals surface area contributed by atoms with Crippen molar-refractivity contribution < 1.29 is 9.53 Å². The Morgan fingerprint density at radius 1 is 1.14 bits per heavy atom. The van der Waals surface area contributed by atoms with E-state index in [9.17, 15) is 4.79 Å². The van der Waals surface area contributed by atoms with Gasteiger partial charge in [-0.3, -0.25) is 4.79 Å². The number of hydrogen-bond acceptors (Lipinski definition) is 3. The van der Waals surface area contributed by atoms with Gasteiger partial charge in [0.2, 0.25) is 0 Å². The molecule has 0 fully saturated rings. The van der Waals surface area contributed by atoms with E-state index in [1.54, 1.807) is 30.5 Å². The second-order valence-corrected chi connectivity index (χ2v) is 6.73. The van der Waals surface area contributed by atoms with E-state index in [1.807, 2.05) is 51.1 Å². The lowest BCUT2D eigenvalue weighted by Gasteiger charge is -2.09. The highest BCUT2D eigenvalue weighted by Gasteiger charge is 2.10. The van der Waals surface area contributed by atoms with Crippen LogP contribution in [0, 0.1) is 13.8 Å². The molecule has 5 nitrogen and oxygen atoms in total. The molecule has 0 saturated carbocycles. The summed E-state index contributed by atoms with van der Waals surface area (Å²) < 4.78 is 7.50. The quantitative estimate of drug-likeness (QED) is 0.476. The molecule has 0 aliphatic carbocycles. The molecule has 1 aromatic heterocycles. The predicted molar refractivity (Wildman–Crippen MR) is 113 cm³/mol. The van der Waals surface area contributed by atoms with Gasteiger partial charge in [-0.2, -0.15) is 5.10 Å². The summed E-state index contributed by atoms with van der Waals surface area (Å²) in [6.45, 7) is 6.54. The van der Waals surface area contributed by atoms with E-state index < -0.39 is 0 Å². The molecule has 1 N–H and O–H groups in total. The number of rotatable bonds is 6. The average molecular weight is 396 g/mol. The Morgan fingerprint density at radius 2 is 1.82 bits per heavy atom. The molecule has 0 saturated heterocycles. The van der Waals surface area contributed by atoms with Crippen molar-refractivity contribution in [3.8, 4) is 11.4 Å². The molecule has 0 bridgehead atoms. The lowest BCUT2D eigenvalue weighted by molar-refractivity contribution is 0.0955. The Bertz CT molecular complexity index is 990. The maximum Gasteiger partial charge on any atom is 0.271 e. The summed E-state index contributed by atoms with van der Waals surface area (Å²) in [6.07, 6.45) is 1.65. The Hall–Kier alpha value is -3.05. The zero-order valence-corrected chi connectivity index (χ0v) is 16.8. The summed E-state index contributed by atoms with van der Waals surface area (Å²) in [5, 5.41) is 4.81. The molecule has 3 aromatic rings. The minimum atomic E-state index is -0.272. The Labute approximate surface area is 169 Å². The molecule has 0 aliphatic rings. The number of aryl methyl sites for hydroxylation is 1. The molecule has 1 heterocycles. The third-order valence-electron chi connectivity index (χ3n) is 4.35. The summed E-state index contributed by atoms with van der Waals surface area (Å²) in [5.74, 6) is 0.461. The molecule has 28 heavy (non-hydrogen) atoms. The van der Waals surface area contributed by atoms with Gasteiger partial charge < -0.3 is 9.30 Å². The lowest BCUT2D eigenvalue weighted by Crippen LogP contribution is -2.17. The van der Waals surface area contributed by atoms with Crippen LogP contribution in [0.2, 0.25) is 5.02 Å². The zero-order valence-electron chi connectivity index (χ0n) is 16.1. The number of carbonyl (C=O) groups excluding carboxylic acids is 1. The molecule has 0 aliphatic heterocycles. The van der Waals surface area contributed by atoms with Crippen molar-refractivity contribution in [1.29, 1.82) is 0 Å². The van der Waals surface area contributed by atoms with Gasteiger partial charge in [0.05, 0.1) is 12.8 Å². The van der Waals surface area contributed by atoms with E-state index in [2.05, 4.69) is 15.1 Å². The van der Waals surface area contributed by atoms with Gasteiger partial charge >= 0.3 is 0 Å². The fourth-order valence-electron chi connectivity index (χ4n) is 3.00. The molecule has 3 rings (SSSR count). The number of nitrogens with zero attached hydrogens (tertiary/aromatic N) is 2. The van der Waals surface area contributed by atoms with Gasteiger partial charge in [-0.05, 0) is 75.4 Å². The molecular formula is C22H22ClN3O2. The zero-order chi connectivity index (χ0) is 20.1. The molecule has 1 amide bonds. The van der Waals surface area contributed by atoms with Crippen molar-refractivity contribution in [2.24, 2.45) is 5.10 Å². The summed E-state index contributed by atoms with van der Waals surface area (Å²) in [7, 11) is 0. The van der Waals surface area contributed by atoms with Crippen molar-refractivity contribution in [3.63, 3.8) is 0 Å². The largest absolute Gasteiger partial charge is 0.494 e. The number of carbonyl (C=O) groups is 1. The minimum absolute atomic E-state index is 0.272. The van der Waals surface area contributed by atoms with Crippen molar-refractivity contribution in [2.75, 3.05) is 6.61 Å². The molecule has 6 heteroatoms. The Morgan fingerprint density at radius 3 is 2.46 bits per heavy atom. The molecule has 0 unspecified atom stereocenters. The summed E-state index contributed by atoms with van der Waals surface area (Å²) >= 11 is 5.98. The number of benzene rings is 2. The van der Waals surface area contributed by atoms with Crippen molar-refractivity contribution in [3.05, 3.63) is 82.1 Å². The highest BCUT2D eigenvalue weighted by atomic mass is 35.5. The third kappa shape index (κ3) is 4.43. The predicted octanol–water partition coefficient (Wildman–Crippen LogP) is 4.91. The van der Waals surface area contributed by atoms with Crippen LogP contribution < -0.4 is 10.2 Å². The number of ether oxygens (including phenoxy) is 1. The van der Waals surface area contributed by atoms with Gasteiger partial charge in [0.25, 0.3) is 5.91 Å². The average Bonchev–Trinajstić information content (AvgIpc) is 2.97. The molecule has 2 aromatic carbocycles. The van der Waals surface area contributed by atoms with Crippen molar-refractivity contribution in [2.45, 2.75) is 20.8 Å². The Kier molecular flexibility index (Phi) is 6.16. The van der Waals surface area contributed by atoms with Gasteiger partial charge in [0.1, 0.15) is 5.75 Å². The molecule has 144 valence electrons. The highest BCUT2D eigenvalue weighted by molar-refractivity contribution is 6.30. The van der Waals surface area contributed by atoms with Crippen LogP contribution in [0.15, 0.2) is 59.7 Å². The smallest absolute Gasteiger partial charge is 0.271 e. The summed E-state index contributed by atoms with van der Waals surface area (Å²) in [5.41, 5.74) is 7.14. The second-order valence-electron chi connectivity index (χ2n) is 6.29. The minimum Gasteiger partial charge on any atom is -0.494 e. The van der Waals surface area contributed by atoms with Gasteiger partial charge in [-0.1, -0.05) is 11.6 Å². The fraction of sp³-hybridized carbons (Fsp3) is 0.182. The van der Waals surface area contributed by atoms with E-state index in [1.165, 1.54) is 0 Å². The van der Waals surface area contributed by atoms with Gasteiger partial charge in [0, 0.05) is 33.2 Å². The monoisotopic (exact) mass is 395 g/mol. The van der Waals surface area contributed by atoms with E-state index >= 15 is 0 Å². The Balaban J connectivity index is 1.71. The standard InChI is InChI=1S/C22H22ClN3O2/c1-4-28-21-11-5-17(6-12-21)22(27)25-24-14-18-13-15(2)26(16(18)3)20-9-7-19(23)8-10-20/h5-14H,4H2,1-3H3,(H,25,27)/b24-14+. The first-order valence-corrected chi connectivity index (χ1v) is 9.38. The molecule has 0 radical (unpaired) electrons. The highest BCUT2D eigenvalue weighted by Crippen LogP contribution is 2.21. The fourth-order valence-corrected chi connectivity index (χ4v) is 3.13. The van der Waals surface area contributed by atoms with E-state index in [-0.39, 0.29) is 5.91 Å². The number of nitrogens with one attached hydrogen (secondary N) is 1. The van der Waals surface area contributed by atoms with E-state index in [0.717, 1.165) is 28.4 Å².